The lowest BCUT2D eigenvalue weighted by Crippen LogP contribution is -2.50. The molecule has 6 heteroatoms. The van der Waals surface area contributed by atoms with E-state index >= 15 is 0 Å². The highest BCUT2D eigenvalue weighted by molar-refractivity contribution is 5.86. The predicted octanol–water partition coefficient (Wildman–Crippen LogP) is 2.42. The van der Waals surface area contributed by atoms with Crippen molar-refractivity contribution in [3.63, 3.8) is 0 Å². The Hall–Kier alpha value is -2.11. The van der Waals surface area contributed by atoms with Crippen LogP contribution in [0.3, 0.4) is 0 Å². The van der Waals surface area contributed by atoms with Gasteiger partial charge in [-0.25, -0.2) is 9.18 Å². The Balaban J connectivity index is 1.89. The van der Waals surface area contributed by atoms with Crippen LogP contribution in [0.5, 0.6) is 0 Å². The van der Waals surface area contributed by atoms with Crippen LogP contribution in [0.2, 0.25) is 0 Å². The van der Waals surface area contributed by atoms with Crippen LogP contribution in [0, 0.1) is 5.82 Å². The van der Waals surface area contributed by atoms with Crippen molar-refractivity contribution in [2.75, 3.05) is 0 Å². The summed E-state index contributed by atoms with van der Waals surface area (Å²) < 4.78 is 13.7. The van der Waals surface area contributed by atoms with E-state index in [4.69, 9.17) is 0 Å². The number of carbonyl (C=O) groups excluding carboxylic acids is 2. The number of amides is 3. The van der Waals surface area contributed by atoms with Crippen molar-refractivity contribution in [3.05, 3.63) is 35.1 Å². The topological polar surface area (TPSA) is 70.2 Å². The maximum absolute atomic E-state index is 13.7. The van der Waals surface area contributed by atoms with E-state index in [9.17, 15) is 14.0 Å². The summed E-state index contributed by atoms with van der Waals surface area (Å²) >= 11 is 0. The molecule has 0 fully saturated rings. The van der Waals surface area contributed by atoms with Crippen LogP contribution in [0.15, 0.2) is 18.2 Å². The monoisotopic (exact) mass is 321 g/mol. The molecule has 1 aliphatic carbocycles. The highest BCUT2D eigenvalue weighted by Crippen LogP contribution is 2.32. The van der Waals surface area contributed by atoms with Gasteiger partial charge in [0.05, 0.1) is 6.04 Å². The Kier molecular flexibility index (Phi) is 5.58. The Bertz CT molecular complexity index is 591. The number of halogens is 1. The second kappa shape index (κ2) is 7.44. The van der Waals surface area contributed by atoms with E-state index in [2.05, 4.69) is 16.0 Å². The van der Waals surface area contributed by atoms with Gasteiger partial charge in [-0.3, -0.25) is 4.79 Å². The van der Waals surface area contributed by atoms with Gasteiger partial charge in [-0.2, -0.15) is 0 Å². The molecule has 3 atom stereocenters. The fourth-order valence-corrected chi connectivity index (χ4v) is 2.69. The van der Waals surface area contributed by atoms with Gasteiger partial charge >= 0.3 is 6.03 Å². The molecular formula is C17H24FN3O2. The van der Waals surface area contributed by atoms with E-state index < -0.39 is 12.1 Å². The average molecular weight is 321 g/mol. The van der Waals surface area contributed by atoms with E-state index in [1.54, 1.807) is 13.0 Å². The molecule has 1 aromatic carbocycles. The minimum atomic E-state index is -0.627. The molecule has 0 saturated heterocycles. The smallest absolute Gasteiger partial charge is 0.315 e. The van der Waals surface area contributed by atoms with Crippen molar-refractivity contribution in [2.45, 2.75) is 58.2 Å². The van der Waals surface area contributed by atoms with Crippen molar-refractivity contribution in [1.29, 1.82) is 0 Å². The van der Waals surface area contributed by atoms with Crippen LogP contribution < -0.4 is 16.0 Å². The van der Waals surface area contributed by atoms with Crippen LogP contribution in [0.4, 0.5) is 9.18 Å². The lowest BCUT2D eigenvalue weighted by Gasteiger charge is -2.20. The normalized spacial score (nSPS) is 18.7. The standard InChI is InChI=1S/C17H24FN3O2/c1-4-10(2)19-16(22)11(3)20-17(23)21-15-9-8-12-13(15)6-5-7-14(12)18/h5-7,10-11,15H,4,8-9H2,1-3H3,(H,19,22)(H2,20,21,23)/t10-,11+,15+/m0/s1. The summed E-state index contributed by atoms with van der Waals surface area (Å²) in [6.07, 6.45) is 2.10. The van der Waals surface area contributed by atoms with Crippen molar-refractivity contribution in [3.8, 4) is 0 Å². The molecule has 0 unspecified atom stereocenters. The SMILES string of the molecule is CC[C@H](C)NC(=O)[C@@H](C)NC(=O)N[C@@H]1CCc2c(F)cccc21. The zero-order valence-corrected chi connectivity index (χ0v) is 13.8. The summed E-state index contributed by atoms with van der Waals surface area (Å²) in [5, 5.41) is 8.26. The quantitative estimate of drug-likeness (QED) is 0.779. The first-order chi connectivity index (χ1) is 10.9. The van der Waals surface area contributed by atoms with E-state index in [1.807, 2.05) is 19.9 Å². The van der Waals surface area contributed by atoms with Crippen LogP contribution >= 0.6 is 0 Å². The number of nitrogens with one attached hydrogen (secondary N) is 3. The Labute approximate surface area is 136 Å². The maximum atomic E-state index is 13.7. The Morgan fingerprint density at radius 2 is 2.04 bits per heavy atom. The minimum absolute atomic E-state index is 0.0690. The second-order valence-corrected chi connectivity index (χ2v) is 6.06. The molecule has 126 valence electrons. The fourth-order valence-electron chi connectivity index (χ4n) is 2.69. The van der Waals surface area contributed by atoms with Crippen molar-refractivity contribution in [1.82, 2.24) is 16.0 Å². The predicted molar refractivity (Wildman–Crippen MR) is 86.5 cm³/mol. The maximum Gasteiger partial charge on any atom is 0.315 e. The van der Waals surface area contributed by atoms with Crippen LogP contribution in [0.25, 0.3) is 0 Å². The van der Waals surface area contributed by atoms with E-state index in [1.165, 1.54) is 6.07 Å². The zero-order chi connectivity index (χ0) is 17.0. The molecule has 0 heterocycles. The second-order valence-electron chi connectivity index (χ2n) is 6.06. The molecule has 23 heavy (non-hydrogen) atoms. The number of hydrogen-bond acceptors (Lipinski definition) is 2. The van der Waals surface area contributed by atoms with Gasteiger partial charge in [0.2, 0.25) is 5.91 Å². The van der Waals surface area contributed by atoms with Crippen LogP contribution in [-0.4, -0.2) is 24.0 Å². The molecule has 1 aromatic rings. The number of carbonyl (C=O) groups is 2. The van der Waals surface area contributed by atoms with Crippen molar-refractivity contribution < 1.29 is 14.0 Å². The molecule has 2 rings (SSSR count). The minimum Gasteiger partial charge on any atom is -0.352 e. The van der Waals surface area contributed by atoms with Gasteiger partial charge in [0, 0.05) is 6.04 Å². The van der Waals surface area contributed by atoms with E-state index in [0.29, 0.717) is 18.4 Å². The average Bonchev–Trinajstić information content (AvgIpc) is 2.91. The third-order valence-corrected chi connectivity index (χ3v) is 4.26. The largest absolute Gasteiger partial charge is 0.352 e. The first kappa shape index (κ1) is 17.2. The van der Waals surface area contributed by atoms with Gasteiger partial charge in [0.25, 0.3) is 0 Å². The first-order valence-electron chi connectivity index (χ1n) is 8.07. The van der Waals surface area contributed by atoms with Crippen LogP contribution in [-0.2, 0) is 11.2 Å². The van der Waals surface area contributed by atoms with Gasteiger partial charge in [-0.15, -0.1) is 0 Å². The molecule has 0 aliphatic heterocycles. The molecule has 0 radical (unpaired) electrons. The molecule has 5 nitrogen and oxygen atoms in total. The number of rotatable bonds is 5. The molecule has 1 aliphatic rings. The summed E-state index contributed by atoms with van der Waals surface area (Å²) in [5.41, 5.74) is 1.48. The summed E-state index contributed by atoms with van der Waals surface area (Å²) in [5.74, 6) is -0.444. The highest BCUT2D eigenvalue weighted by atomic mass is 19.1. The van der Waals surface area contributed by atoms with Crippen molar-refractivity contribution >= 4 is 11.9 Å². The zero-order valence-electron chi connectivity index (χ0n) is 13.8. The number of fused-ring (bicyclic) bond motifs is 1. The lowest BCUT2D eigenvalue weighted by atomic mass is 10.1. The summed E-state index contributed by atoms with van der Waals surface area (Å²) in [6, 6.07) is 3.72. The molecule has 3 amide bonds. The summed E-state index contributed by atoms with van der Waals surface area (Å²) in [4.78, 5) is 24.0. The van der Waals surface area contributed by atoms with E-state index in [0.717, 1.165) is 12.0 Å². The fraction of sp³-hybridized carbons (Fsp3) is 0.529. The van der Waals surface area contributed by atoms with Crippen molar-refractivity contribution in [2.24, 2.45) is 0 Å². The third-order valence-electron chi connectivity index (χ3n) is 4.26. The van der Waals surface area contributed by atoms with Crippen LogP contribution in [0.1, 0.15) is 50.8 Å². The third kappa shape index (κ3) is 4.21. The molecule has 0 bridgehead atoms. The summed E-state index contributed by atoms with van der Waals surface area (Å²) in [7, 11) is 0. The summed E-state index contributed by atoms with van der Waals surface area (Å²) in [6.45, 7) is 5.53. The molecule has 0 saturated carbocycles. The Morgan fingerprint density at radius 3 is 2.74 bits per heavy atom. The molecule has 0 aromatic heterocycles. The van der Waals surface area contributed by atoms with Gasteiger partial charge in [-0.1, -0.05) is 19.1 Å². The van der Waals surface area contributed by atoms with E-state index in [-0.39, 0.29) is 23.8 Å². The number of benzene rings is 1. The lowest BCUT2D eigenvalue weighted by molar-refractivity contribution is -0.123. The van der Waals surface area contributed by atoms with Gasteiger partial charge < -0.3 is 16.0 Å². The highest BCUT2D eigenvalue weighted by Gasteiger charge is 2.27. The van der Waals surface area contributed by atoms with Gasteiger partial charge in [-0.05, 0) is 50.3 Å². The molecule has 0 spiro atoms. The van der Waals surface area contributed by atoms with Gasteiger partial charge in [0.1, 0.15) is 11.9 Å². The first-order valence-corrected chi connectivity index (χ1v) is 8.07. The molecular weight excluding hydrogens is 297 g/mol. The number of hydrogen-bond donors (Lipinski definition) is 3. The van der Waals surface area contributed by atoms with Gasteiger partial charge in [0.15, 0.2) is 0 Å². The number of urea groups is 1. The molecule has 3 N–H and O–H groups in total. The Morgan fingerprint density at radius 1 is 1.30 bits per heavy atom.